The minimum absolute atomic E-state index is 0.111. The number of hydrogen-bond acceptors (Lipinski definition) is 5. The number of esters is 1. The molecule has 24 heavy (non-hydrogen) atoms. The maximum atomic E-state index is 13.7. The third-order valence-corrected chi connectivity index (χ3v) is 3.66. The van der Waals surface area contributed by atoms with Gasteiger partial charge in [-0.1, -0.05) is 17.7 Å². The van der Waals surface area contributed by atoms with E-state index in [4.69, 9.17) is 30.5 Å². The number of rotatable bonds is 6. The third kappa shape index (κ3) is 3.71. The zero-order chi connectivity index (χ0) is 17.7. The van der Waals surface area contributed by atoms with Gasteiger partial charge in [0.15, 0.2) is 11.5 Å². The molecule has 2 aromatic rings. The number of ether oxygens (including phenoxy) is 4. The number of carbonyl (C=O) groups is 1. The average Bonchev–Trinajstić information content (AvgIpc) is 2.59. The smallest absolute Gasteiger partial charge is 0.338 e. The van der Waals surface area contributed by atoms with Crippen molar-refractivity contribution < 1.29 is 28.1 Å². The Morgan fingerprint density at radius 2 is 1.71 bits per heavy atom. The van der Waals surface area contributed by atoms with Crippen molar-refractivity contribution in [3.63, 3.8) is 0 Å². The second kappa shape index (κ2) is 7.88. The molecule has 0 radical (unpaired) electrons. The molecule has 2 rings (SSSR count). The lowest BCUT2D eigenvalue weighted by Gasteiger charge is -2.14. The lowest BCUT2D eigenvalue weighted by Crippen LogP contribution is -2.08. The Morgan fingerprint density at radius 3 is 2.21 bits per heavy atom. The topological polar surface area (TPSA) is 54.0 Å². The summed E-state index contributed by atoms with van der Waals surface area (Å²) in [6.45, 7) is -0.291. The van der Waals surface area contributed by atoms with Crippen LogP contribution in [0.5, 0.6) is 17.2 Å². The fraction of sp³-hybridized carbons (Fsp3) is 0.235. The average molecular weight is 355 g/mol. The minimum atomic E-state index is -0.673. The van der Waals surface area contributed by atoms with Crippen LogP contribution >= 0.6 is 11.6 Å². The zero-order valence-corrected chi connectivity index (χ0v) is 14.1. The van der Waals surface area contributed by atoms with Gasteiger partial charge in [0.05, 0.1) is 31.9 Å². The highest BCUT2D eigenvalue weighted by atomic mass is 35.5. The summed E-state index contributed by atoms with van der Waals surface area (Å²) in [6, 6.07) is 7.14. The van der Waals surface area contributed by atoms with Crippen LogP contribution in [0, 0.1) is 5.82 Å². The standard InChI is InChI=1S/C17H16ClFO5/c1-21-14-7-10(8-15(22-2)16(14)23-3)17(20)24-9-11-12(18)5-4-6-13(11)19/h4-8H,9H2,1-3H3. The predicted octanol–water partition coefficient (Wildman–Crippen LogP) is 3.86. The van der Waals surface area contributed by atoms with E-state index in [9.17, 15) is 9.18 Å². The molecule has 0 saturated carbocycles. The molecule has 0 aliphatic heterocycles. The molecule has 0 atom stereocenters. The van der Waals surface area contributed by atoms with Gasteiger partial charge in [-0.2, -0.15) is 0 Å². The minimum Gasteiger partial charge on any atom is -0.493 e. The number of benzene rings is 2. The Hall–Kier alpha value is -2.47. The molecule has 5 nitrogen and oxygen atoms in total. The molecule has 0 N–H and O–H groups in total. The van der Waals surface area contributed by atoms with Crippen molar-refractivity contribution in [1.82, 2.24) is 0 Å². The molecular formula is C17H16ClFO5. The Bertz CT molecular complexity index is 703. The molecule has 0 saturated heterocycles. The lowest BCUT2D eigenvalue weighted by molar-refractivity contribution is 0.0468. The van der Waals surface area contributed by atoms with E-state index in [2.05, 4.69) is 0 Å². The fourth-order valence-electron chi connectivity index (χ4n) is 2.09. The molecule has 0 aliphatic carbocycles. The molecule has 2 aromatic carbocycles. The summed E-state index contributed by atoms with van der Waals surface area (Å²) in [5, 5.41) is 0.188. The van der Waals surface area contributed by atoms with E-state index in [0.717, 1.165) is 0 Å². The molecule has 0 spiro atoms. The van der Waals surface area contributed by atoms with Gasteiger partial charge in [0.1, 0.15) is 12.4 Å². The van der Waals surface area contributed by atoms with Gasteiger partial charge in [-0.05, 0) is 24.3 Å². The molecule has 0 bridgehead atoms. The second-order valence-corrected chi connectivity index (χ2v) is 5.10. The van der Waals surface area contributed by atoms with Crippen molar-refractivity contribution >= 4 is 17.6 Å². The van der Waals surface area contributed by atoms with Gasteiger partial charge in [-0.25, -0.2) is 9.18 Å². The molecule has 7 heteroatoms. The zero-order valence-electron chi connectivity index (χ0n) is 13.4. The van der Waals surface area contributed by atoms with Crippen LogP contribution in [-0.4, -0.2) is 27.3 Å². The molecule has 0 aliphatic rings. The van der Waals surface area contributed by atoms with Gasteiger partial charge >= 0.3 is 5.97 Å². The van der Waals surface area contributed by atoms with Crippen LogP contribution in [0.2, 0.25) is 5.02 Å². The summed E-state index contributed by atoms with van der Waals surface area (Å²) in [5.41, 5.74) is 0.289. The van der Waals surface area contributed by atoms with E-state index in [1.807, 2.05) is 0 Å². The van der Waals surface area contributed by atoms with Crippen LogP contribution in [0.3, 0.4) is 0 Å². The maximum Gasteiger partial charge on any atom is 0.338 e. The Balaban J connectivity index is 2.24. The van der Waals surface area contributed by atoms with Crippen LogP contribution < -0.4 is 14.2 Å². The van der Waals surface area contributed by atoms with Crippen molar-refractivity contribution in [3.8, 4) is 17.2 Å². The van der Waals surface area contributed by atoms with Crippen molar-refractivity contribution in [2.75, 3.05) is 21.3 Å². The predicted molar refractivity (Wildman–Crippen MR) is 86.6 cm³/mol. The van der Waals surface area contributed by atoms with Gasteiger partial charge in [-0.15, -0.1) is 0 Å². The number of methoxy groups -OCH3 is 3. The first-order valence-corrected chi connectivity index (χ1v) is 7.29. The van der Waals surface area contributed by atoms with Crippen molar-refractivity contribution in [2.24, 2.45) is 0 Å². The first kappa shape index (κ1) is 17.9. The van der Waals surface area contributed by atoms with Gasteiger partial charge in [0, 0.05) is 5.56 Å². The van der Waals surface area contributed by atoms with Gasteiger partial charge in [0.25, 0.3) is 0 Å². The summed E-state index contributed by atoms with van der Waals surface area (Å²) in [7, 11) is 4.33. The van der Waals surface area contributed by atoms with Gasteiger partial charge < -0.3 is 18.9 Å². The monoisotopic (exact) mass is 354 g/mol. The van der Waals surface area contributed by atoms with Gasteiger partial charge in [-0.3, -0.25) is 0 Å². The van der Waals surface area contributed by atoms with Crippen LogP contribution in [0.4, 0.5) is 4.39 Å². The fourth-order valence-corrected chi connectivity index (χ4v) is 2.31. The Labute approximate surface area is 143 Å². The Morgan fingerprint density at radius 1 is 1.08 bits per heavy atom. The molecule has 0 fully saturated rings. The molecule has 0 unspecified atom stereocenters. The second-order valence-electron chi connectivity index (χ2n) is 4.69. The highest BCUT2D eigenvalue weighted by molar-refractivity contribution is 6.31. The highest BCUT2D eigenvalue weighted by Crippen LogP contribution is 2.38. The van der Waals surface area contributed by atoms with Crippen LogP contribution in [0.25, 0.3) is 0 Å². The quantitative estimate of drug-likeness (QED) is 0.737. The lowest BCUT2D eigenvalue weighted by atomic mass is 10.1. The Kier molecular flexibility index (Phi) is 5.87. The highest BCUT2D eigenvalue weighted by Gasteiger charge is 2.18. The van der Waals surface area contributed by atoms with E-state index < -0.39 is 11.8 Å². The maximum absolute atomic E-state index is 13.7. The molecule has 0 amide bonds. The van der Waals surface area contributed by atoms with Crippen molar-refractivity contribution in [3.05, 3.63) is 52.3 Å². The summed E-state index contributed by atoms with van der Waals surface area (Å²) < 4.78 is 34.4. The molecule has 128 valence electrons. The van der Waals surface area contributed by atoms with Gasteiger partial charge in [0.2, 0.25) is 5.75 Å². The largest absolute Gasteiger partial charge is 0.493 e. The molecular weight excluding hydrogens is 339 g/mol. The van der Waals surface area contributed by atoms with Crippen molar-refractivity contribution in [2.45, 2.75) is 6.61 Å². The summed E-state index contributed by atoms with van der Waals surface area (Å²) in [5.74, 6) is -0.233. The van der Waals surface area contributed by atoms with E-state index in [0.29, 0.717) is 17.2 Å². The summed E-state index contributed by atoms with van der Waals surface area (Å²) in [4.78, 5) is 12.2. The van der Waals surface area contributed by atoms with Crippen LogP contribution in [-0.2, 0) is 11.3 Å². The van der Waals surface area contributed by atoms with Crippen LogP contribution in [0.15, 0.2) is 30.3 Å². The third-order valence-electron chi connectivity index (χ3n) is 3.31. The summed E-state index contributed by atoms with van der Waals surface area (Å²) in [6.07, 6.45) is 0. The molecule has 0 heterocycles. The first-order valence-electron chi connectivity index (χ1n) is 6.91. The summed E-state index contributed by atoms with van der Waals surface area (Å²) >= 11 is 5.91. The van der Waals surface area contributed by atoms with E-state index in [1.165, 1.54) is 51.7 Å². The number of hydrogen-bond donors (Lipinski definition) is 0. The van der Waals surface area contributed by atoms with Crippen molar-refractivity contribution in [1.29, 1.82) is 0 Å². The first-order chi connectivity index (χ1) is 11.5. The SMILES string of the molecule is COc1cc(C(=O)OCc2c(F)cccc2Cl)cc(OC)c1OC. The molecule has 0 aromatic heterocycles. The number of carbonyl (C=O) groups excluding carboxylic acids is 1. The number of halogens is 2. The van der Waals surface area contributed by atoms with E-state index in [-0.39, 0.29) is 22.8 Å². The normalized spacial score (nSPS) is 10.2. The van der Waals surface area contributed by atoms with E-state index >= 15 is 0 Å². The van der Waals surface area contributed by atoms with Crippen LogP contribution in [0.1, 0.15) is 15.9 Å². The van der Waals surface area contributed by atoms with E-state index in [1.54, 1.807) is 0 Å².